The van der Waals surface area contributed by atoms with Crippen molar-refractivity contribution in [2.24, 2.45) is 0 Å². The highest BCUT2D eigenvalue weighted by Crippen LogP contribution is 2.07. The Morgan fingerprint density at radius 3 is 3.00 bits per heavy atom. The third-order valence-corrected chi connectivity index (χ3v) is 2.32. The predicted molar refractivity (Wildman–Crippen MR) is 53.8 cm³/mol. The number of hydrogen-bond acceptors (Lipinski definition) is 3. The van der Waals surface area contributed by atoms with Crippen molar-refractivity contribution in [1.82, 2.24) is 0 Å². The van der Waals surface area contributed by atoms with E-state index in [0.717, 1.165) is 23.5 Å². The lowest BCUT2D eigenvalue weighted by atomic mass is 10.2. The van der Waals surface area contributed by atoms with Crippen LogP contribution in [0.15, 0.2) is 10.7 Å². The minimum absolute atomic E-state index is 0.510. The zero-order chi connectivity index (χ0) is 10.8. The van der Waals surface area contributed by atoms with Crippen molar-refractivity contribution >= 4 is 18.1 Å². The largest absolute Gasteiger partial charge is 0.479 e. The number of carboxylic acid groups (broad SMARTS) is 1. The zero-order valence-corrected chi connectivity index (χ0v) is 8.40. The summed E-state index contributed by atoms with van der Waals surface area (Å²) in [7, 11) is 0. The lowest BCUT2D eigenvalue weighted by molar-refractivity contribution is -0.144. The summed E-state index contributed by atoms with van der Waals surface area (Å²) in [6.07, 6.45) is 6.47. The topological polar surface area (TPSA) is 59.7 Å². The molecule has 0 spiro atoms. The fraction of sp³-hybridized carbons (Fsp3) is 0.364. The van der Waals surface area contributed by atoms with Crippen molar-refractivity contribution in [2.45, 2.75) is 25.9 Å². The average molecular weight is 208 g/mol. The van der Waals surface area contributed by atoms with Gasteiger partial charge in [0.15, 0.2) is 11.9 Å². The van der Waals surface area contributed by atoms with Crippen LogP contribution in [0.1, 0.15) is 19.8 Å². The Balaban J connectivity index is 2.32. The van der Waals surface area contributed by atoms with Crippen LogP contribution in [0.3, 0.4) is 0 Å². The molecular weight excluding hydrogens is 196 g/mol. The fourth-order valence-electron chi connectivity index (χ4n) is 1.50. The van der Waals surface area contributed by atoms with Crippen LogP contribution in [0, 0.1) is 0 Å². The Hall–Kier alpha value is -1.71. The fourth-order valence-corrected chi connectivity index (χ4v) is 1.50. The van der Waals surface area contributed by atoms with E-state index < -0.39 is 12.1 Å². The number of rotatable bonds is 3. The second-order valence-electron chi connectivity index (χ2n) is 3.46. The number of carboxylic acids is 1. The Bertz CT molecular complexity index is 483. The van der Waals surface area contributed by atoms with Gasteiger partial charge in [0.25, 0.3) is 0 Å². The van der Waals surface area contributed by atoms with Gasteiger partial charge in [-0.05, 0) is 25.8 Å². The molecule has 80 valence electrons. The number of aliphatic carboxylic acids is 1. The smallest absolute Gasteiger partial charge is 0.344 e. The van der Waals surface area contributed by atoms with Gasteiger partial charge in [0.1, 0.15) is 11.7 Å². The SMILES string of the molecule is CC(Oc1coc2c1=CCCC=2)C(=O)O. The quantitative estimate of drug-likeness (QED) is 0.785. The molecule has 0 fully saturated rings. The summed E-state index contributed by atoms with van der Waals surface area (Å²) < 4.78 is 10.5. The number of fused-ring (bicyclic) bond motifs is 1. The van der Waals surface area contributed by atoms with Gasteiger partial charge in [-0.25, -0.2) is 4.79 Å². The first-order chi connectivity index (χ1) is 7.18. The van der Waals surface area contributed by atoms with E-state index >= 15 is 0 Å². The molecule has 4 nitrogen and oxygen atoms in total. The van der Waals surface area contributed by atoms with Gasteiger partial charge in [-0.15, -0.1) is 0 Å². The van der Waals surface area contributed by atoms with E-state index in [1.807, 2.05) is 12.2 Å². The summed E-state index contributed by atoms with van der Waals surface area (Å²) in [5.74, 6) is -0.472. The summed E-state index contributed by atoms with van der Waals surface area (Å²) in [6.45, 7) is 1.49. The molecule has 2 rings (SSSR count). The summed E-state index contributed by atoms with van der Waals surface area (Å²) in [5.41, 5.74) is 0.772. The maximum Gasteiger partial charge on any atom is 0.344 e. The molecule has 1 N–H and O–H groups in total. The molecule has 0 aromatic carbocycles. The molecule has 1 heterocycles. The molecule has 1 unspecified atom stereocenters. The van der Waals surface area contributed by atoms with Gasteiger partial charge in [0.2, 0.25) is 0 Å². The van der Waals surface area contributed by atoms with Gasteiger partial charge >= 0.3 is 5.97 Å². The maximum atomic E-state index is 10.6. The molecule has 15 heavy (non-hydrogen) atoms. The van der Waals surface area contributed by atoms with Crippen molar-refractivity contribution in [3.8, 4) is 5.75 Å². The van der Waals surface area contributed by atoms with Gasteiger partial charge in [-0.3, -0.25) is 0 Å². The van der Waals surface area contributed by atoms with E-state index in [2.05, 4.69) is 0 Å². The molecule has 0 amide bonds. The lowest BCUT2D eigenvalue weighted by Crippen LogP contribution is -2.29. The van der Waals surface area contributed by atoms with Crippen LogP contribution in [0.5, 0.6) is 5.75 Å². The van der Waals surface area contributed by atoms with Crippen LogP contribution in [0.4, 0.5) is 0 Å². The first-order valence-electron chi connectivity index (χ1n) is 4.86. The molecule has 0 saturated carbocycles. The molecular formula is C11H12O4. The van der Waals surface area contributed by atoms with Crippen molar-refractivity contribution in [2.75, 3.05) is 0 Å². The zero-order valence-electron chi connectivity index (χ0n) is 8.40. The van der Waals surface area contributed by atoms with Crippen molar-refractivity contribution in [3.63, 3.8) is 0 Å². The van der Waals surface area contributed by atoms with E-state index in [1.165, 1.54) is 13.2 Å². The molecule has 1 aliphatic carbocycles. The van der Waals surface area contributed by atoms with Crippen LogP contribution >= 0.6 is 0 Å². The Morgan fingerprint density at radius 1 is 1.53 bits per heavy atom. The summed E-state index contributed by atoms with van der Waals surface area (Å²) in [5, 5.41) is 9.58. The Labute approximate surface area is 86.5 Å². The predicted octanol–water partition coefficient (Wildman–Crippen LogP) is 0.486. The average Bonchev–Trinajstić information content (AvgIpc) is 2.62. The normalized spacial score (nSPS) is 15.8. The first kappa shape index (κ1) is 9.83. The number of furan rings is 1. The Morgan fingerprint density at radius 2 is 2.27 bits per heavy atom. The molecule has 1 aromatic heterocycles. The lowest BCUT2D eigenvalue weighted by Gasteiger charge is -2.07. The summed E-state index contributed by atoms with van der Waals surface area (Å²) >= 11 is 0. The summed E-state index contributed by atoms with van der Waals surface area (Å²) in [6, 6.07) is 0. The van der Waals surface area contributed by atoms with E-state index in [0.29, 0.717) is 5.75 Å². The van der Waals surface area contributed by atoms with Gasteiger partial charge in [-0.1, -0.05) is 6.08 Å². The standard InChI is InChI=1S/C11H12O4/c1-7(11(12)13)15-10-6-14-9-5-3-2-4-8(9)10/h4-7H,2-3H2,1H3,(H,12,13). The molecule has 0 aliphatic heterocycles. The molecule has 1 aliphatic rings. The van der Waals surface area contributed by atoms with E-state index in [1.54, 1.807) is 0 Å². The van der Waals surface area contributed by atoms with Crippen molar-refractivity contribution in [3.05, 3.63) is 16.9 Å². The molecule has 4 heteroatoms. The molecule has 1 aromatic rings. The minimum atomic E-state index is -0.982. The number of ether oxygens (including phenoxy) is 1. The van der Waals surface area contributed by atoms with Crippen molar-refractivity contribution in [1.29, 1.82) is 0 Å². The second kappa shape index (κ2) is 3.81. The van der Waals surface area contributed by atoms with Gasteiger partial charge in [-0.2, -0.15) is 0 Å². The van der Waals surface area contributed by atoms with E-state index in [4.69, 9.17) is 14.3 Å². The van der Waals surface area contributed by atoms with Gasteiger partial charge < -0.3 is 14.3 Å². The second-order valence-corrected chi connectivity index (χ2v) is 3.46. The molecule has 0 radical (unpaired) electrons. The molecule has 1 atom stereocenters. The van der Waals surface area contributed by atoms with Crippen LogP contribution in [-0.4, -0.2) is 17.2 Å². The van der Waals surface area contributed by atoms with Crippen LogP contribution in [0.2, 0.25) is 0 Å². The maximum absolute atomic E-state index is 10.6. The van der Waals surface area contributed by atoms with Crippen LogP contribution < -0.4 is 15.4 Å². The number of hydrogen-bond donors (Lipinski definition) is 1. The van der Waals surface area contributed by atoms with Gasteiger partial charge in [0.05, 0.1) is 5.22 Å². The highest BCUT2D eigenvalue weighted by Gasteiger charge is 2.15. The monoisotopic (exact) mass is 208 g/mol. The minimum Gasteiger partial charge on any atom is -0.479 e. The highest BCUT2D eigenvalue weighted by atomic mass is 16.5. The van der Waals surface area contributed by atoms with E-state index in [-0.39, 0.29) is 0 Å². The third-order valence-electron chi connectivity index (χ3n) is 2.32. The molecule has 0 saturated heterocycles. The van der Waals surface area contributed by atoms with Gasteiger partial charge in [0, 0.05) is 0 Å². The van der Waals surface area contributed by atoms with Crippen LogP contribution in [-0.2, 0) is 4.79 Å². The van der Waals surface area contributed by atoms with E-state index in [9.17, 15) is 4.79 Å². The molecule has 0 bridgehead atoms. The number of carbonyl (C=O) groups is 1. The summed E-state index contributed by atoms with van der Waals surface area (Å²) in [4.78, 5) is 10.6. The Kier molecular flexibility index (Phi) is 2.49. The third kappa shape index (κ3) is 1.88. The van der Waals surface area contributed by atoms with Crippen molar-refractivity contribution < 1.29 is 19.1 Å². The highest BCUT2D eigenvalue weighted by molar-refractivity contribution is 5.72. The van der Waals surface area contributed by atoms with Crippen LogP contribution in [0.25, 0.3) is 12.2 Å². The first-order valence-corrected chi connectivity index (χ1v) is 4.86.